The molecule has 4 rings (SSSR count). The number of H-pyrrole nitrogens is 1. The van der Waals surface area contributed by atoms with Gasteiger partial charge in [0.2, 0.25) is 11.7 Å². The van der Waals surface area contributed by atoms with Gasteiger partial charge in [0.05, 0.1) is 18.7 Å². The zero-order chi connectivity index (χ0) is 16.5. The molecule has 3 heterocycles. The van der Waals surface area contributed by atoms with Gasteiger partial charge in [-0.1, -0.05) is 28.9 Å². The Bertz CT molecular complexity index is 814. The summed E-state index contributed by atoms with van der Waals surface area (Å²) in [5, 5.41) is 14.2. The maximum atomic E-state index is 10.1. The summed E-state index contributed by atoms with van der Waals surface area (Å²) in [6, 6.07) is 7.90. The summed E-state index contributed by atoms with van der Waals surface area (Å²) in [6.07, 6.45) is 3.69. The first kappa shape index (κ1) is 15.0. The number of imidazole rings is 1. The van der Waals surface area contributed by atoms with E-state index in [2.05, 4.69) is 25.0 Å². The molecule has 0 spiro atoms. The Balaban J connectivity index is 1.58. The van der Waals surface area contributed by atoms with Gasteiger partial charge < -0.3 is 14.6 Å². The Kier molecular flexibility index (Phi) is 3.87. The second kappa shape index (κ2) is 6.18. The second-order valence-corrected chi connectivity index (χ2v) is 6.20. The van der Waals surface area contributed by atoms with Crippen LogP contribution in [0.5, 0.6) is 0 Å². The summed E-state index contributed by atoms with van der Waals surface area (Å²) in [7, 11) is 0. The number of hydrogen-bond acceptors (Lipinski definition) is 6. The number of aryl methyl sites for hydroxylation is 1. The summed E-state index contributed by atoms with van der Waals surface area (Å²) in [5.74, 6) is 1.97. The van der Waals surface area contributed by atoms with Gasteiger partial charge in [-0.15, -0.1) is 0 Å². The van der Waals surface area contributed by atoms with Gasteiger partial charge in [-0.3, -0.25) is 4.90 Å². The standard InChI is InChI=1S/C17H19N5O2/c1-11-3-2-4-12(7-11)16-20-17(24-21-16)14-8-13(23)9-22(14)10-15-18-5-6-19-15/h2-7,13-14,23H,8-10H2,1H3,(H,18,19). The third kappa shape index (κ3) is 2.95. The lowest BCUT2D eigenvalue weighted by atomic mass is 10.1. The summed E-state index contributed by atoms with van der Waals surface area (Å²) < 4.78 is 5.50. The van der Waals surface area contributed by atoms with E-state index in [0.29, 0.717) is 31.2 Å². The van der Waals surface area contributed by atoms with Crippen molar-refractivity contribution in [3.8, 4) is 11.4 Å². The van der Waals surface area contributed by atoms with Gasteiger partial charge >= 0.3 is 0 Å². The van der Waals surface area contributed by atoms with Crippen molar-refractivity contribution in [2.45, 2.75) is 32.0 Å². The van der Waals surface area contributed by atoms with E-state index >= 15 is 0 Å². The molecule has 2 aromatic heterocycles. The lowest BCUT2D eigenvalue weighted by Gasteiger charge is -2.19. The molecule has 0 aliphatic carbocycles. The summed E-state index contributed by atoms with van der Waals surface area (Å²) in [6.45, 7) is 3.20. The van der Waals surface area contributed by atoms with Crippen molar-refractivity contribution in [1.29, 1.82) is 0 Å². The number of aliphatic hydroxyl groups is 1. The Morgan fingerprint density at radius 3 is 3.12 bits per heavy atom. The highest BCUT2D eigenvalue weighted by molar-refractivity contribution is 5.55. The first-order valence-corrected chi connectivity index (χ1v) is 8.00. The fourth-order valence-electron chi connectivity index (χ4n) is 3.16. The Morgan fingerprint density at radius 1 is 1.42 bits per heavy atom. The number of nitrogens with one attached hydrogen (secondary N) is 1. The quantitative estimate of drug-likeness (QED) is 0.763. The van der Waals surface area contributed by atoms with Crippen LogP contribution in [0, 0.1) is 6.92 Å². The van der Waals surface area contributed by atoms with Gasteiger partial charge in [-0.2, -0.15) is 4.98 Å². The average Bonchev–Trinajstić information content (AvgIpc) is 3.29. The number of benzene rings is 1. The fourth-order valence-corrected chi connectivity index (χ4v) is 3.16. The lowest BCUT2D eigenvalue weighted by molar-refractivity contribution is 0.167. The fraction of sp³-hybridized carbons (Fsp3) is 0.353. The lowest BCUT2D eigenvalue weighted by Crippen LogP contribution is -2.25. The summed E-state index contributed by atoms with van der Waals surface area (Å²) in [4.78, 5) is 14.0. The normalized spacial score (nSPS) is 21.4. The number of β-amino-alcohol motifs (C(OH)–C–C–N with tert-alkyl or cyclic N) is 1. The van der Waals surface area contributed by atoms with E-state index < -0.39 is 6.10 Å². The second-order valence-electron chi connectivity index (χ2n) is 6.20. The molecule has 0 bridgehead atoms. The molecular formula is C17H19N5O2. The topological polar surface area (TPSA) is 91.1 Å². The van der Waals surface area contributed by atoms with Crippen LogP contribution in [0.4, 0.5) is 0 Å². The SMILES string of the molecule is Cc1cccc(-c2noc(C3CC(O)CN3Cc3ncc[nH]3)n2)c1. The Morgan fingerprint density at radius 2 is 2.33 bits per heavy atom. The van der Waals surface area contributed by atoms with Crippen LogP contribution in [0.2, 0.25) is 0 Å². The van der Waals surface area contributed by atoms with Crippen molar-refractivity contribution in [1.82, 2.24) is 25.0 Å². The number of likely N-dealkylation sites (tertiary alicyclic amines) is 1. The van der Waals surface area contributed by atoms with Crippen molar-refractivity contribution in [3.63, 3.8) is 0 Å². The smallest absolute Gasteiger partial charge is 0.244 e. The highest BCUT2D eigenvalue weighted by Crippen LogP contribution is 2.33. The molecule has 1 fully saturated rings. The molecule has 1 aliphatic heterocycles. The third-order valence-electron chi connectivity index (χ3n) is 4.29. The molecule has 2 N–H and O–H groups in total. The van der Waals surface area contributed by atoms with Crippen LogP contribution in [-0.4, -0.2) is 42.8 Å². The van der Waals surface area contributed by atoms with E-state index in [1.54, 1.807) is 12.4 Å². The van der Waals surface area contributed by atoms with Gasteiger partial charge in [0.1, 0.15) is 5.82 Å². The predicted octanol–water partition coefficient (Wildman–Crippen LogP) is 2.08. The van der Waals surface area contributed by atoms with Crippen LogP contribution < -0.4 is 0 Å². The number of aromatic amines is 1. The van der Waals surface area contributed by atoms with E-state index in [1.807, 2.05) is 31.2 Å². The maximum Gasteiger partial charge on any atom is 0.244 e. The van der Waals surface area contributed by atoms with Crippen LogP contribution in [-0.2, 0) is 6.54 Å². The van der Waals surface area contributed by atoms with Crippen molar-refractivity contribution in [2.24, 2.45) is 0 Å². The van der Waals surface area contributed by atoms with Crippen LogP contribution in [0.1, 0.15) is 29.7 Å². The summed E-state index contributed by atoms with van der Waals surface area (Å²) in [5.41, 5.74) is 2.08. The molecule has 7 heteroatoms. The highest BCUT2D eigenvalue weighted by atomic mass is 16.5. The molecule has 124 valence electrons. The zero-order valence-electron chi connectivity index (χ0n) is 13.4. The number of aliphatic hydroxyl groups excluding tert-OH is 1. The van der Waals surface area contributed by atoms with Crippen LogP contribution in [0.15, 0.2) is 41.2 Å². The van der Waals surface area contributed by atoms with Gasteiger partial charge in [0.25, 0.3) is 0 Å². The monoisotopic (exact) mass is 325 g/mol. The molecule has 1 aliphatic rings. The number of rotatable bonds is 4. The van der Waals surface area contributed by atoms with E-state index in [0.717, 1.165) is 17.0 Å². The molecule has 0 radical (unpaired) electrons. The first-order valence-electron chi connectivity index (χ1n) is 8.00. The minimum Gasteiger partial charge on any atom is -0.392 e. The molecule has 7 nitrogen and oxygen atoms in total. The minimum absolute atomic E-state index is 0.101. The third-order valence-corrected chi connectivity index (χ3v) is 4.29. The molecule has 0 amide bonds. The molecule has 2 unspecified atom stereocenters. The van der Waals surface area contributed by atoms with E-state index in [9.17, 15) is 5.11 Å². The van der Waals surface area contributed by atoms with Crippen molar-refractivity contribution < 1.29 is 9.63 Å². The van der Waals surface area contributed by atoms with Gasteiger partial charge in [-0.25, -0.2) is 4.98 Å². The summed E-state index contributed by atoms with van der Waals surface area (Å²) >= 11 is 0. The maximum absolute atomic E-state index is 10.1. The number of nitrogens with zero attached hydrogens (tertiary/aromatic N) is 4. The van der Waals surface area contributed by atoms with Gasteiger partial charge in [-0.05, 0) is 19.4 Å². The molecule has 0 saturated carbocycles. The average molecular weight is 325 g/mol. The molecule has 1 saturated heterocycles. The van der Waals surface area contributed by atoms with Crippen molar-refractivity contribution in [3.05, 3.63) is 53.9 Å². The largest absolute Gasteiger partial charge is 0.392 e. The Labute approximate surface area is 139 Å². The molecule has 24 heavy (non-hydrogen) atoms. The molecule has 1 aromatic carbocycles. The van der Waals surface area contributed by atoms with Crippen LogP contribution in [0.25, 0.3) is 11.4 Å². The van der Waals surface area contributed by atoms with E-state index in [-0.39, 0.29) is 6.04 Å². The Hall–Kier alpha value is -2.51. The van der Waals surface area contributed by atoms with Crippen LogP contribution >= 0.6 is 0 Å². The predicted molar refractivity (Wildman–Crippen MR) is 86.8 cm³/mol. The number of hydrogen-bond donors (Lipinski definition) is 2. The van der Waals surface area contributed by atoms with Crippen molar-refractivity contribution >= 4 is 0 Å². The first-order chi connectivity index (χ1) is 11.7. The van der Waals surface area contributed by atoms with Gasteiger partial charge in [0.15, 0.2) is 0 Å². The van der Waals surface area contributed by atoms with E-state index in [4.69, 9.17) is 4.52 Å². The van der Waals surface area contributed by atoms with Crippen LogP contribution in [0.3, 0.4) is 0 Å². The molecule has 2 atom stereocenters. The minimum atomic E-state index is -0.403. The molecular weight excluding hydrogens is 306 g/mol. The molecule has 3 aromatic rings. The zero-order valence-corrected chi connectivity index (χ0v) is 13.4. The van der Waals surface area contributed by atoms with E-state index in [1.165, 1.54) is 0 Å². The highest BCUT2D eigenvalue weighted by Gasteiger charge is 2.36. The van der Waals surface area contributed by atoms with Crippen molar-refractivity contribution in [2.75, 3.05) is 6.54 Å². The van der Waals surface area contributed by atoms with Gasteiger partial charge in [0, 0.05) is 24.5 Å². The number of aromatic nitrogens is 4.